The van der Waals surface area contributed by atoms with Crippen LogP contribution in [0.3, 0.4) is 0 Å². The van der Waals surface area contributed by atoms with Crippen LogP contribution in [0.4, 0.5) is 0 Å². The molecule has 1 radical (unpaired) electrons. The quantitative estimate of drug-likeness (QED) is 0.533. The molecular weight excluding hydrogens is 122 g/mol. The Balaban J connectivity index is 2.22. The number of rotatable bonds is 1. The first kappa shape index (κ1) is 6.11. The largest absolute Gasteiger partial charge is 0.306 e. The Bertz CT molecular complexity index is 80.5. The summed E-state index contributed by atoms with van der Waals surface area (Å²) < 4.78 is 0. The second-order valence-corrected chi connectivity index (χ2v) is 2.85. The highest BCUT2D eigenvalue weighted by Gasteiger charge is 2.10. The van der Waals surface area contributed by atoms with Crippen LogP contribution in [0, 0.1) is 0 Å². The van der Waals surface area contributed by atoms with Crippen LogP contribution in [0.5, 0.6) is 0 Å². The van der Waals surface area contributed by atoms with Crippen LogP contribution in [0.2, 0.25) is 0 Å². The standard InChI is InChI=1S/C5H8NOS/c7-3-5-4-8-2-1-6-5/h5-6H,1-2,4H2. The fraction of sp³-hybridized carbons (Fsp3) is 0.800. The van der Waals surface area contributed by atoms with Crippen molar-refractivity contribution in [3.05, 3.63) is 0 Å². The average Bonchev–Trinajstić information content (AvgIpc) is 1.90. The van der Waals surface area contributed by atoms with E-state index in [1.807, 2.05) is 6.29 Å². The summed E-state index contributed by atoms with van der Waals surface area (Å²) in [5.41, 5.74) is 0. The van der Waals surface area contributed by atoms with E-state index in [1.165, 1.54) is 0 Å². The maximum atomic E-state index is 9.96. The van der Waals surface area contributed by atoms with Gasteiger partial charge in [-0.3, -0.25) is 4.79 Å². The van der Waals surface area contributed by atoms with Crippen LogP contribution in [0.1, 0.15) is 0 Å². The van der Waals surface area contributed by atoms with E-state index in [2.05, 4.69) is 5.32 Å². The van der Waals surface area contributed by atoms with Crippen molar-refractivity contribution in [3.63, 3.8) is 0 Å². The maximum absolute atomic E-state index is 9.96. The SMILES string of the molecule is O=[C]C1CSCCN1. The molecule has 0 aromatic heterocycles. The number of hydrogen-bond donors (Lipinski definition) is 1. The molecule has 0 aromatic rings. The van der Waals surface area contributed by atoms with E-state index in [1.54, 1.807) is 11.8 Å². The van der Waals surface area contributed by atoms with Gasteiger partial charge in [-0.05, 0) is 0 Å². The van der Waals surface area contributed by atoms with Crippen molar-refractivity contribution >= 4 is 18.0 Å². The Kier molecular flexibility index (Phi) is 2.36. The predicted octanol–water partition coefficient (Wildman–Crippen LogP) is -0.199. The van der Waals surface area contributed by atoms with Gasteiger partial charge in [-0.15, -0.1) is 0 Å². The third-order valence-electron chi connectivity index (χ3n) is 1.06. The molecule has 2 nitrogen and oxygen atoms in total. The molecule has 0 saturated carbocycles. The van der Waals surface area contributed by atoms with Gasteiger partial charge in [0.2, 0.25) is 6.29 Å². The molecule has 0 amide bonds. The van der Waals surface area contributed by atoms with Gasteiger partial charge in [0.25, 0.3) is 0 Å². The fourth-order valence-corrected chi connectivity index (χ4v) is 1.49. The molecule has 0 aliphatic carbocycles. The van der Waals surface area contributed by atoms with Crippen molar-refractivity contribution in [1.29, 1.82) is 0 Å². The highest BCUT2D eigenvalue weighted by molar-refractivity contribution is 7.99. The van der Waals surface area contributed by atoms with Gasteiger partial charge in [-0.2, -0.15) is 11.8 Å². The summed E-state index contributed by atoms with van der Waals surface area (Å²) in [7, 11) is 0. The van der Waals surface area contributed by atoms with E-state index in [4.69, 9.17) is 0 Å². The maximum Gasteiger partial charge on any atom is 0.217 e. The minimum Gasteiger partial charge on any atom is -0.306 e. The van der Waals surface area contributed by atoms with Crippen LogP contribution >= 0.6 is 11.8 Å². The zero-order chi connectivity index (χ0) is 5.82. The molecular formula is C5H8NOS. The molecule has 45 valence electrons. The second kappa shape index (κ2) is 3.10. The van der Waals surface area contributed by atoms with Crippen LogP contribution in [0.25, 0.3) is 0 Å². The monoisotopic (exact) mass is 130 g/mol. The molecule has 1 aliphatic rings. The molecule has 0 bridgehead atoms. The van der Waals surface area contributed by atoms with E-state index >= 15 is 0 Å². The summed E-state index contributed by atoms with van der Waals surface area (Å²) >= 11 is 1.80. The molecule has 8 heavy (non-hydrogen) atoms. The average molecular weight is 130 g/mol. The van der Waals surface area contributed by atoms with Crippen LogP contribution in [0.15, 0.2) is 0 Å². The summed E-state index contributed by atoms with van der Waals surface area (Å²) in [5, 5.41) is 3.02. The number of carbonyl (C=O) groups excluding carboxylic acids is 1. The fourth-order valence-electron chi connectivity index (χ4n) is 0.641. The lowest BCUT2D eigenvalue weighted by Crippen LogP contribution is -2.38. The molecule has 1 saturated heterocycles. The number of thioether (sulfide) groups is 1. The first-order chi connectivity index (χ1) is 3.93. The van der Waals surface area contributed by atoms with E-state index in [-0.39, 0.29) is 6.04 Å². The highest BCUT2D eigenvalue weighted by atomic mass is 32.2. The molecule has 0 aromatic carbocycles. The summed E-state index contributed by atoms with van der Waals surface area (Å²) in [5.74, 6) is 2.02. The molecule has 1 fully saturated rings. The lowest BCUT2D eigenvalue weighted by molar-refractivity contribution is 0.528. The third kappa shape index (κ3) is 1.49. The van der Waals surface area contributed by atoms with Gasteiger partial charge in [-0.1, -0.05) is 0 Å². The van der Waals surface area contributed by atoms with E-state index in [0.29, 0.717) is 0 Å². The molecule has 1 N–H and O–H groups in total. The lowest BCUT2D eigenvalue weighted by Gasteiger charge is -2.16. The smallest absolute Gasteiger partial charge is 0.217 e. The molecule has 1 atom stereocenters. The Morgan fingerprint density at radius 1 is 1.75 bits per heavy atom. The van der Waals surface area contributed by atoms with Gasteiger partial charge in [0.15, 0.2) is 0 Å². The first-order valence-corrected chi connectivity index (χ1v) is 3.78. The van der Waals surface area contributed by atoms with Crippen molar-refractivity contribution in [1.82, 2.24) is 5.32 Å². The zero-order valence-corrected chi connectivity index (χ0v) is 5.33. The van der Waals surface area contributed by atoms with E-state index < -0.39 is 0 Å². The highest BCUT2D eigenvalue weighted by Crippen LogP contribution is 2.04. The van der Waals surface area contributed by atoms with Crippen LogP contribution in [-0.4, -0.2) is 30.4 Å². The minimum absolute atomic E-state index is 0.00579. The molecule has 1 unspecified atom stereocenters. The van der Waals surface area contributed by atoms with Crippen molar-refractivity contribution in [2.45, 2.75) is 6.04 Å². The topological polar surface area (TPSA) is 29.1 Å². The van der Waals surface area contributed by atoms with Gasteiger partial charge in [0.05, 0.1) is 6.04 Å². The van der Waals surface area contributed by atoms with Gasteiger partial charge in [0, 0.05) is 18.1 Å². The summed E-state index contributed by atoms with van der Waals surface area (Å²) in [6, 6.07) is -0.00579. The van der Waals surface area contributed by atoms with E-state index in [9.17, 15) is 4.79 Å². The van der Waals surface area contributed by atoms with Crippen molar-refractivity contribution in [2.75, 3.05) is 18.1 Å². The number of hydrogen-bond acceptors (Lipinski definition) is 3. The second-order valence-electron chi connectivity index (χ2n) is 1.70. The summed E-state index contributed by atoms with van der Waals surface area (Å²) in [4.78, 5) is 9.96. The normalized spacial score (nSPS) is 29.8. The van der Waals surface area contributed by atoms with Crippen molar-refractivity contribution in [3.8, 4) is 0 Å². The predicted molar refractivity (Wildman–Crippen MR) is 34.8 cm³/mol. The van der Waals surface area contributed by atoms with Crippen LogP contribution in [-0.2, 0) is 4.79 Å². The first-order valence-electron chi connectivity index (χ1n) is 2.62. The lowest BCUT2D eigenvalue weighted by atomic mass is 10.4. The molecule has 3 heteroatoms. The van der Waals surface area contributed by atoms with Crippen molar-refractivity contribution in [2.24, 2.45) is 0 Å². The van der Waals surface area contributed by atoms with Gasteiger partial charge in [0.1, 0.15) is 0 Å². The Morgan fingerprint density at radius 3 is 3.00 bits per heavy atom. The molecule has 0 spiro atoms. The van der Waals surface area contributed by atoms with Crippen LogP contribution < -0.4 is 5.32 Å². The Hall–Kier alpha value is -0.0200. The summed E-state index contributed by atoms with van der Waals surface area (Å²) in [6.07, 6.45) is 1.92. The van der Waals surface area contributed by atoms with Gasteiger partial charge < -0.3 is 5.32 Å². The molecule has 1 heterocycles. The van der Waals surface area contributed by atoms with Gasteiger partial charge >= 0.3 is 0 Å². The third-order valence-corrected chi connectivity index (χ3v) is 2.13. The molecule has 1 aliphatic heterocycles. The van der Waals surface area contributed by atoms with Gasteiger partial charge in [-0.25, -0.2) is 0 Å². The van der Waals surface area contributed by atoms with Crippen molar-refractivity contribution < 1.29 is 4.79 Å². The number of nitrogens with one attached hydrogen (secondary N) is 1. The zero-order valence-electron chi connectivity index (χ0n) is 4.52. The minimum atomic E-state index is -0.00579. The Labute approximate surface area is 53.0 Å². The summed E-state index contributed by atoms with van der Waals surface area (Å²) in [6.45, 7) is 0.949. The van der Waals surface area contributed by atoms with E-state index in [0.717, 1.165) is 18.1 Å². The Morgan fingerprint density at radius 2 is 2.62 bits per heavy atom. The molecule has 1 rings (SSSR count).